The standard InChI is InChI=1S/C36H30/c1-36(2,3)27-22-23-32(33(24-27)25-14-6-4-7-15-25)35-30-20-12-10-18-28(30)34(26-16-8-5-9-17-26)29-19-11-13-21-31(29)35/h4-24H,1-3H3. The highest BCUT2D eigenvalue weighted by atomic mass is 14.2. The van der Waals surface area contributed by atoms with E-state index in [1.54, 1.807) is 0 Å². The Morgan fingerprint density at radius 1 is 0.389 bits per heavy atom. The first-order valence-electron chi connectivity index (χ1n) is 12.7. The van der Waals surface area contributed by atoms with E-state index < -0.39 is 0 Å². The Balaban J connectivity index is 1.77. The lowest BCUT2D eigenvalue weighted by Crippen LogP contribution is -2.11. The van der Waals surface area contributed by atoms with E-state index in [1.165, 1.54) is 60.5 Å². The summed E-state index contributed by atoms with van der Waals surface area (Å²) in [5.74, 6) is 0. The van der Waals surface area contributed by atoms with Crippen LogP contribution >= 0.6 is 0 Å². The monoisotopic (exact) mass is 462 g/mol. The second-order valence-electron chi connectivity index (χ2n) is 10.6. The normalized spacial score (nSPS) is 11.8. The summed E-state index contributed by atoms with van der Waals surface area (Å²) < 4.78 is 0. The number of hydrogen-bond donors (Lipinski definition) is 0. The van der Waals surface area contributed by atoms with Crippen LogP contribution in [0, 0.1) is 0 Å². The third-order valence-electron chi connectivity index (χ3n) is 7.23. The van der Waals surface area contributed by atoms with Crippen LogP contribution < -0.4 is 0 Å². The second kappa shape index (κ2) is 8.81. The van der Waals surface area contributed by atoms with Crippen molar-refractivity contribution < 1.29 is 0 Å². The highest BCUT2D eigenvalue weighted by Crippen LogP contribution is 2.46. The molecule has 6 aromatic rings. The molecule has 0 aliphatic heterocycles. The van der Waals surface area contributed by atoms with Crippen molar-refractivity contribution >= 4 is 21.5 Å². The minimum absolute atomic E-state index is 0.0728. The maximum atomic E-state index is 2.40. The van der Waals surface area contributed by atoms with Crippen molar-refractivity contribution in [3.8, 4) is 33.4 Å². The number of benzene rings is 6. The lowest BCUT2D eigenvalue weighted by molar-refractivity contribution is 0.590. The third kappa shape index (κ3) is 3.80. The Hall–Kier alpha value is -4.16. The van der Waals surface area contributed by atoms with Crippen molar-refractivity contribution in [3.05, 3.63) is 133 Å². The largest absolute Gasteiger partial charge is 0.0622 e. The van der Waals surface area contributed by atoms with Gasteiger partial charge in [0.25, 0.3) is 0 Å². The molecule has 0 saturated carbocycles. The first kappa shape index (κ1) is 22.3. The van der Waals surface area contributed by atoms with E-state index in [0.29, 0.717) is 0 Å². The van der Waals surface area contributed by atoms with Crippen LogP contribution in [0.3, 0.4) is 0 Å². The van der Waals surface area contributed by atoms with Gasteiger partial charge >= 0.3 is 0 Å². The van der Waals surface area contributed by atoms with Crippen LogP contribution in [0.5, 0.6) is 0 Å². The first-order chi connectivity index (χ1) is 17.5. The van der Waals surface area contributed by atoms with Gasteiger partial charge in [0.2, 0.25) is 0 Å². The van der Waals surface area contributed by atoms with Crippen LogP contribution in [-0.4, -0.2) is 0 Å². The van der Waals surface area contributed by atoms with Gasteiger partial charge < -0.3 is 0 Å². The lowest BCUT2D eigenvalue weighted by atomic mass is 9.80. The quantitative estimate of drug-likeness (QED) is 0.229. The summed E-state index contributed by atoms with van der Waals surface area (Å²) in [5.41, 5.74) is 9.09. The molecule has 0 radical (unpaired) electrons. The van der Waals surface area contributed by atoms with Gasteiger partial charge in [0.15, 0.2) is 0 Å². The van der Waals surface area contributed by atoms with Crippen LogP contribution in [0.4, 0.5) is 0 Å². The number of rotatable bonds is 3. The molecule has 0 heteroatoms. The van der Waals surface area contributed by atoms with Crippen LogP contribution in [0.2, 0.25) is 0 Å². The molecule has 0 bridgehead atoms. The number of fused-ring (bicyclic) bond motifs is 2. The average Bonchev–Trinajstić information content (AvgIpc) is 2.92. The molecule has 0 spiro atoms. The van der Waals surface area contributed by atoms with Crippen molar-refractivity contribution in [2.75, 3.05) is 0 Å². The van der Waals surface area contributed by atoms with Crippen molar-refractivity contribution in [2.24, 2.45) is 0 Å². The average molecular weight is 463 g/mol. The van der Waals surface area contributed by atoms with Gasteiger partial charge in [-0.15, -0.1) is 0 Å². The lowest BCUT2D eigenvalue weighted by Gasteiger charge is -2.24. The molecule has 0 aliphatic rings. The molecule has 6 aromatic carbocycles. The van der Waals surface area contributed by atoms with Gasteiger partial charge in [0.1, 0.15) is 0 Å². The SMILES string of the molecule is CC(C)(C)c1ccc(-c2c3ccccc3c(-c3ccccc3)c3ccccc23)c(-c2ccccc2)c1. The van der Waals surface area contributed by atoms with Crippen LogP contribution in [0.15, 0.2) is 127 Å². The zero-order chi connectivity index (χ0) is 24.7. The molecule has 0 aliphatic carbocycles. The fraction of sp³-hybridized carbons (Fsp3) is 0.111. The fourth-order valence-electron chi connectivity index (χ4n) is 5.42. The van der Waals surface area contributed by atoms with Gasteiger partial charge in [0.05, 0.1) is 0 Å². The molecule has 174 valence electrons. The van der Waals surface area contributed by atoms with Crippen molar-refractivity contribution in [1.29, 1.82) is 0 Å². The summed E-state index contributed by atoms with van der Waals surface area (Å²) in [7, 11) is 0. The van der Waals surface area contributed by atoms with E-state index in [-0.39, 0.29) is 5.41 Å². The molecule has 0 N–H and O–H groups in total. The van der Waals surface area contributed by atoms with E-state index in [2.05, 4.69) is 148 Å². The predicted octanol–water partition coefficient (Wildman–Crippen LogP) is 10.3. The summed E-state index contributed by atoms with van der Waals surface area (Å²) in [5, 5.41) is 5.15. The molecule has 0 amide bonds. The van der Waals surface area contributed by atoms with E-state index >= 15 is 0 Å². The topological polar surface area (TPSA) is 0 Å². The molecular weight excluding hydrogens is 432 g/mol. The fourth-order valence-corrected chi connectivity index (χ4v) is 5.42. The summed E-state index contributed by atoms with van der Waals surface area (Å²) in [6, 6.07) is 46.5. The van der Waals surface area contributed by atoms with E-state index in [0.717, 1.165) is 0 Å². The molecule has 0 atom stereocenters. The van der Waals surface area contributed by atoms with Gasteiger partial charge in [-0.1, -0.05) is 148 Å². The molecule has 0 heterocycles. The smallest absolute Gasteiger partial charge is 0.00201 e. The molecule has 0 fully saturated rings. The Morgan fingerprint density at radius 2 is 0.833 bits per heavy atom. The highest BCUT2D eigenvalue weighted by molar-refractivity contribution is 6.22. The van der Waals surface area contributed by atoms with Crippen LogP contribution in [0.1, 0.15) is 26.3 Å². The van der Waals surface area contributed by atoms with E-state index in [9.17, 15) is 0 Å². The van der Waals surface area contributed by atoms with E-state index in [4.69, 9.17) is 0 Å². The molecule has 0 aromatic heterocycles. The first-order valence-corrected chi connectivity index (χ1v) is 12.7. The third-order valence-corrected chi connectivity index (χ3v) is 7.23. The maximum Gasteiger partial charge on any atom is -0.00201 e. The molecule has 0 saturated heterocycles. The molecule has 6 rings (SSSR count). The van der Waals surface area contributed by atoms with E-state index in [1.807, 2.05) is 0 Å². The molecule has 0 nitrogen and oxygen atoms in total. The Bertz CT molecular complexity index is 1630. The summed E-state index contributed by atoms with van der Waals surface area (Å²) in [4.78, 5) is 0. The van der Waals surface area contributed by atoms with Crippen molar-refractivity contribution in [2.45, 2.75) is 26.2 Å². The van der Waals surface area contributed by atoms with Crippen LogP contribution in [-0.2, 0) is 5.41 Å². The predicted molar refractivity (Wildman–Crippen MR) is 156 cm³/mol. The highest BCUT2D eigenvalue weighted by Gasteiger charge is 2.21. The van der Waals surface area contributed by atoms with Gasteiger partial charge in [-0.3, -0.25) is 0 Å². The van der Waals surface area contributed by atoms with Crippen molar-refractivity contribution in [1.82, 2.24) is 0 Å². The summed E-state index contributed by atoms with van der Waals surface area (Å²) in [6.07, 6.45) is 0. The summed E-state index contributed by atoms with van der Waals surface area (Å²) in [6.45, 7) is 6.86. The number of hydrogen-bond acceptors (Lipinski definition) is 0. The molecular formula is C36H30. The zero-order valence-electron chi connectivity index (χ0n) is 21.1. The van der Waals surface area contributed by atoms with Gasteiger partial charge in [-0.05, 0) is 65.9 Å². The van der Waals surface area contributed by atoms with Gasteiger partial charge in [-0.2, -0.15) is 0 Å². The maximum absolute atomic E-state index is 2.40. The zero-order valence-corrected chi connectivity index (χ0v) is 21.1. The molecule has 36 heavy (non-hydrogen) atoms. The van der Waals surface area contributed by atoms with Crippen LogP contribution in [0.25, 0.3) is 54.9 Å². The minimum atomic E-state index is 0.0728. The molecule has 0 unspecified atom stereocenters. The Morgan fingerprint density at radius 3 is 1.33 bits per heavy atom. The Labute approximate surface area is 213 Å². The second-order valence-corrected chi connectivity index (χ2v) is 10.6. The minimum Gasteiger partial charge on any atom is -0.0622 e. The van der Waals surface area contributed by atoms with Gasteiger partial charge in [0, 0.05) is 0 Å². The van der Waals surface area contributed by atoms with Gasteiger partial charge in [-0.25, -0.2) is 0 Å². The Kier molecular flexibility index (Phi) is 5.46. The summed E-state index contributed by atoms with van der Waals surface area (Å²) >= 11 is 0. The van der Waals surface area contributed by atoms with Crippen molar-refractivity contribution in [3.63, 3.8) is 0 Å².